The highest BCUT2D eigenvalue weighted by molar-refractivity contribution is 5.88. The lowest BCUT2D eigenvalue weighted by molar-refractivity contribution is -0.143. The van der Waals surface area contributed by atoms with Crippen LogP contribution in [0.25, 0.3) is 11.0 Å². The van der Waals surface area contributed by atoms with E-state index in [4.69, 9.17) is 4.42 Å². The van der Waals surface area contributed by atoms with Crippen LogP contribution in [0.15, 0.2) is 77.4 Å². The lowest BCUT2D eigenvalue weighted by Crippen LogP contribution is -2.44. The van der Waals surface area contributed by atoms with E-state index < -0.39 is 6.04 Å². The van der Waals surface area contributed by atoms with Crippen molar-refractivity contribution in [3.8, 4) is 0 Å². The van der Waals surface area contributed by atoms with Crippen LogP contribution >= 0.6 is 0 Å². The molecule has 0 saturated carbocycles. The third-order valence-electron chi connectivity index (χ3n) is 5.61. The fourth-order valence-corrected chi connectivity index (χ4v) is 3.81. The Morgan fingerprint density at radius 2 is 1.79 bits per heavy atom. The van der Waals surface area contributed by atoms with Crippen LogP contribution in [-0.4, -0.2) is 38.3 Å². The van der Waals surface area contributed by atoms with E-state index in [1.165, 1.54) is 6.26 Å². The number of nitrogens with zero attached hydrogens (tertiary/aromatic N) is 4. The highest BCUT2D eigenvalue weighted by Gasteiger charge is 2.34. The molecule has 2 aromatic carbocycles. The zero-order chi connectivity index (χ0) is 23.9. The Hall–Kier alpha value is -3.94. The third kappa shape index (κ3) is 5.51. The van der Waals surface area contributed by atoms with Crippen LogP contribution in [0.3, 0.4) is 0 Å². The van der Waals surface area contributed by atoms with Crippen molar-refractivity contribution in [2.45, 2.75) is 39.4 Å². The van der Waals surface area contributed by atoms with E-state index in [9.17, 15) is 9.59 Å². The first-order valence-corrected chi connectivity index (χ1v) is 11.5. The molecule has 34 heavy (non-hydrogen) atoms. The molecule has 0 aliphatic rings. The van der Waals surface area contributed by atoms with Crippen LogP contribution < -0.4 is 5.32 Å². The van der Waals surface area contributed by atoms with Gasteiger partial charge in [0, 0.05) is 13.1 Å². The lowest BCUT2D eigenvalue weighted by atomic mass is 10.1. The van der Waals surface area contributed by atoms with Crippen molar-refractivity contribution in [2.75, 3.05) is 6.54 Å². The maximum atomic E-state index is 13.7. The van der Waals surface area contributed by atoms with Gasteiger partial charge in [0.1, 0.15) is 17.8 Å². The van der Waals surface area contributed by atoms with Crippen LogP contribution in [0.4, 0.5) is 0 Å². The minimum Gasteiger partial charge on any atom is -0.467 e. The maximum Gasteiger partial charge on any atom is 0.250 e. The molecule has 4 aromatic rings. The molecule has 4 rings (SSSR count). The molecule has 0 aliphatic carbocycles. The minimum atomic E-state index is -0.912. The van der Waals surface area contributed by atoms with Gasteiger partial charge in [-0.25, -0.2) is 4.68 Å². The number of rotatable bonds is 10. The molecular formula is C26H29N5O3. The first-order chi connectivity index (χ1) is 16.5. The van der Waals surface area contributed by atoms with E-state index in [0.717, 1.165) is 17.5 Å². The third-order valence-corrected chi connectivity index (χ3v) is 5.61. The van der Waals surface area contributed by atoms with Crippen molar-refractivity contribution in [1.29, 1.82) is 0 Å². The van der Waals surface area contributed by atoms with Crippen molar-refractivity contribution in [3.05, 3.63) is 84.3 Å². The van der Waals surface area contributed by atoms with Gasteiger partial charge >= 0.3 is 0 Å². The first kappa shape index (κ1) is 23.2. The van der Waals surface area contributed by atoms with Gasteiger partial charge in [-0.2, -0.15) is 0 Å². The van der Waals surface area contributed by atoms with Gasteiger partial charge in [0.2, 0.25) is 5.91 Å². The average molecular weight is 460 g/mol. The second-order valence-corrected chi connectivity index (χ2v) is 8.63. The van der Waals surface area contributed by atoms with Gasteiger partial charge in [0.05, 0.1) is 11.8 Å². The van der Waals surface area contributed by atoms with E-state index >= 15 is 0 Å². The smallest absolute Gasteiger partial charge is 0.250 e. The highest BCUT2D eigenvalue weighted by atomic mass is 16.3. The summed E-state index contributed by atoms with van der Waals surface area (Å²) in [5.74, 6) is 0.322. The van der Waals surface area contributed by atoms with E-state index in [0.29, 0.717) is 23.7 Å². The van der Waals surface area contributed by atoms with Crippen LogP contribution in [0.1, 0.15) is 37.6 Å². The van der Waals surface area contributed by atoms with Gasteiger partial charge in [-0.3, -0.25) is 9.59 Å². The van der Waals surface area contributed by atoms with Gasteiger partial charge in [0.25, 0.3) is 5.91 Å². The molecule has 2 aromatic heterocycles. The molecule has 8 heteroatoms. The quantitative estimate of drug-likeness (QED) is 0.388. The molecule has 1 N–H and O–H groups in total. The van der Waals surface area contributed by atoms with Crippen LogP contribution in [0.5, 0.6) is 0 Å². The number of amides is 2. The van der Waals surface area contributed by atoms with Crippen LogP contribution in [0, 0.1) is 5.92 Å². The van der Waals surface area contributed by atoms with Gasteiger partial charge < -0.3 is 14.6 Å². The van der Waals surface area contributed by atoms with Crippen molar-refractivity contribution in [3.63, 3.8) is 0 Å². The zero-order valence-electron chi connectivity index (χ0n) is 19.4. The average Bonchev–Trinajstić information content (AvgIpc) is 3.50. The molecule has 0 bridgehead atoms. The molecule has 0 unspecified atom stereocenters. The second-order valence-electron chi connectivity index (χ2n) is 8.63. The number of carbonyl (C=O) groups is 2. The van der Waals surface area contributed by atoms with Crippen molar-refractivity contribution < 1.29 is 14.0 Å². The van der Waals surface area contributed by atoms with Crippen molar-refractivity contribution >= 4 is 22.8 Å². The number of hydrogen-bond acceptors (Lipinski definition) is 5. The number of furan rings is 1. The summed E-state index contributed by atoms with van der Waals surface area (Å²) in [4.78, 5) is 28.6. The maximum absolute atomic E-state index is 13.7. The summed E-state index contributed by atoms with van der Waals surface area (Å²) in [6.07, 6.45) is 2.36. The molecule has 2 heterocycles. The molecule has 0 fully saturated rings. The minimum absolute atomic E-state index is 0.0518. The summed E-state index contributed by atoms with van der Waals surface area (Å²) in [6.45, 7) is 4.92. The topological polar surface area (TPSA) is 93.3 Å². The Labute approximate surface area is 198 Å². The van der Waals surface area contributed by atoms with E-state index in [1.807, 2.05) is 54.6 Å². The molecule has 2 amide bonds. The second kappa shape index (κ2) is 10.8. The Kier molecular flexibility index (Phi) is 7.37. The standard InChI is InChI=1S/C26H29N5O3/c1-19(2)14-15-27-26(33)25(23-13-8-16-34-23)30(17-20-9-4-3-5-10-20)24(32)18-31-22-12-7-6-11-21(22)28-29-31/h3-13,16,19,25H,14-15,17-18H2,1-2H3,(H,27,33)/t25-/m0/s1. The zero-order valence-corrected chi connectivity index (χ0v) is 19.4. The summed E-state index contributed by atoms with van der Waals surface area (Å²) in [6, 6.07) is 19.6. The first-order valence-electron chi connectivity index (χ1n) is 11.5. The Morgan fingerprint density at radius 1 is 1.03 bits per heavy atom. The molecule has 0 saturated heterocycles. The van der Waals surface area contributed by atoms with Crippen molar-refractivity contribution in [1.82, 2.24) is 25.2 Å². The summed E-state index contributed by atoms with van der Waals surface area (Å²) < 4.78 is 7.19. The molecular weight excluding hydrogens is 430 g/mol. The monoisotopic (exact) mass is 459 g/mol. The Balaban J connectivity index is 1.65. The lowest BCUT2D eigenvalue weighted by Gasteiger charge is -2.30. The predicted molar refractivity (Wildman–Crippen MR) is 128 cm³/mol. The fourth-order valence-electron chi connectivity index (χ4n) is 3.81. The molecule has 0 spiro atoms. The van der Waals surface area contributed by atoms with Gasteiger partial charge in [-0.05, 0) is 42.2 Å². The number of hydrogen-bond donors (Lipinski definition) is 1. The summed E-state index contributed by atoms with van der Waals surface area (Å²) >= 11 is 0. The van der Waals surface area contributed by atoms with Crippen LogP contribution in [-0.2, 0) is 22.7 Å². The fraction of sp³-hybridized carbons (Fsp3) is 0.308. The van der Waals surface area contributed by atoms with E-state index in [1.54, 1.807) is 21.7 Å². The number of fused-ring (bicyclic) bond motifs is 1. The van der Waals surface area contributed by atoms with E-state index in [-0.39, 0.29) is 24.9 Å². The Morgan fingerprint density at radius 3 is 2.53 bits per heavy atom. The molecule has 0 aliphatic heterocycles. The van der Waals surface area contributed by atoms with Gasteiger partial charge in [-0.15, -0.1) is 5.10 Å². The normalized spacial score (nSPS) is 12.1. The van der Waals surface area contributed by atoms with Gasteiger partial charge in [0.15, 0.2) is 6.04 Å². The molecule has 8 nitrogen and oxygen atoms in total. The number of para-hydroxylation sites is 1. The summed E-state index contributed by atoms with van der Waals surface area (Å²) in [7, 11) is 0. The number of aromatic nitrogens is 3. The Bertz CT molecular complexity index is 1220. The number of nitrogens with one attached hydrogen (secondary N) is 1. The number of carbonyl (C=O) groups excluding carboxylic acids is 2. The summed E-state index contributed by atoms with van der Waals surface area (Å²) in [5.41, 5.74) is 2.37. The van der Waals surface area contributed by atoms with Crippen molar-refractivity contribution in [2.24, 2.45) is 5.92 Å². The number of benzene rings is 2. The largest absolute Gasteiger partial charge is 0.467 e. The molecule has 1 atom stereocenters. The summed E-state index contributed by atoms with van der Waals surface area (Å²) in [5, 5.41) is 11.3. The molecule has 176 valence electrons. The molecule has 0 radical (unpaired) electrons. The van der Waals surface area contributed by atoms with E-state index in [2.05, 4.69) is 29.5 Å². The van der Waals surface area contributed by atoms with Crippen LogP contribution in [0.2, 0.25) is 0 Å². The van der Waals surface area contributed by atoms with Gasteiger partial charge in [-0.1, -0.05) is 61.5 Å². The highest BCUT2D eigenvalue weighted by Crippen LogP contribution is 2.25. The SMILES string of the molecule is CC(C)CCNC(=O)[C@H](c1ccco1)N(Cc1ccccc1)C(=O)Cn1nnc2ccccc21. The predicted octanol–water partition coefficient (Wildman–Crippen LogP) is 3.96.